The Kier molecular flexibility index (Phi) is 6.44. The van der Waals surface area contributed by atoms with E-state index >= 15 is 0 Å². The summed E-state index contributed by atoms with van der Waals surface area (Å²) in [6.45, 7) is 5.72. The highest BCUT2D eigenvalue weighted by Crippen LogP contribution is 2.55. The first-order valence-corrected chi connectivity index (χ1v) is 13.2. The minimum Gasteiger partial charge on any atom is -0.472 e. The molecule has 12 heteroatoms. The SMILES string of the molecule is COC(=O)NC(C(=O)N1CCC2(CC2)CC1C(=O)N1CC2(CC1C#N)Oc1cccnc1NC2=O)C(C)(C)C. The number of ether oxygens (including phenoxy) is 2. The van der Waals surface area contributed by atoms with Crippen LogP contribution in [-0.2, 0) is 19.1 Å². The molecule has 1 saturated carbocycles. The summed E-state index contributed by atoms with van der Waals surface area (Å²) in [7, 11) is 1.23. The van der Waals surface area contributed by atoms with Gasteiger partial charge in [0.1, 0.15) is 18.1 Å². The van der Waals surface area contributed by atoms with Crippen molar-refractivity contribution >= 4 is 29.6 Å². The van der Waals surface area contributed by atoms with Gasteiger partial charge in [0.25, 0.3) is 5.91 Å². The molecule has 4 aliphatic rings. The van der Waals surface area contributed by atoms with Crippen LogP contribution in [0, 0.1) is 22.2 Å². The highest BCUT2D eigenvalue weighted by molar-refractivity contribution is 6.01. The smallest absolute Gasteiger partial charge is 0.407 e. The number of carbonyl (C=O) groups is 4. The number of nitrogens with zero attached hydrogens (tertiary/aromatic N) is 4. The molecule has 2 spiro atoms. The van der Waals surface area contributed by atoms with Crippen LogP contribution >= 0.6 is 0 Å². The number of nitrogens with one attached hydrogen (secondary N) is 2. The molecule has 4 amide bonds. The number of carbonyl (C=O) groups excluding carboxylic acids is 4. The Balaban J connectivity index is 1.43. The predicted molar refractivity (Wildman–Crippen MR) is 137 cm³/mol. The Hall–Kier alpha value is -3.88. The van der Waals surface area contributed by atoms with Gasteiger partial charge >= 0.3 is 6.09 Å². The normalized spacial score (nSPS) is 27.6. The van der Waals surface area contributed by atoms with Gasteiger partial charge in [-0.3, -0.25) is 14.4 Å². The number of aromatic nitrogens is 1. The number of amides is 4. The summed E-state index contributed by atoms with van der Waals surface area (Å²) in [5, 5.41) is 15.4. The van der Waals surface area contributed by atoms with Crippen molar-refractivity contribution in [2.45, 2.75) is 76.6 Å². The van der Waals surface area contributed by atoms with Crippen LogP contribution in [-0.4, -0.2) is 82.5 Å². The molecule has 2 saturated heterocycles. The molecule has 1 aliphatic carbocycles. The van der Waals surface area contributed by atoms with E-state index in [2.05, 4.69) is 21.7 Å². The van der Waals surface area contributed by atoms with E-state index in [-0.39, 0.29) is 30.1 Å². The average Bonchev–Trinajstić information content (AvgIpc) is 3.55. The van der Waals surface area contributed by atoms with E-state index in [4.69, 9.17) is 9.47 Å². The topological polar surface area (TPSA) is 154 Å². The van der Waals surface area contributed by atoms with Crippen LogP contribution in [0.1, 0.15) is 52.9 Å². The average molecular weight is 539 g/mol. The molecular formula is C27H34N6O6. The van der Waals surface area contributed by atoms with E-state index in [9.17, 15) is 24.4 Å². The second-order valence-electron chi connectivity index (χ2n) is 12.2. The van der Waals surface area contributed by atoms with Gasteiger partial charge in [-0.25, -0.2) is 9.78 Å². The van der Waals surface area contributed by atoms with Crippen molar-refractivity contribution in [1.29, 1.82) is 5.26 Å². The largest absolute Gasteiger partial charge is 0.472 e. The van der Waals surface area contributed by atoms with Gasteiger partial charge in [-0.1, -0.05) is 20.8 Å². The number of nitriles is 1. The van der Waals surface area contributed by atoms with E-state index in [1.165, 1.54) is 23.1 Å². The van der Waals surface area contributed by atoms with Crippen LogP contribution in [0.15, 0.2) is 18.3 Å². The fraction of sp³-hybridized carbons (Fsp3) is 0.630. The molecule has 1 aromatic heterocycles. The molecule has 0 aromatic carbocycles. The standard InChI is InChI=1S/C27H34N6O6/c1-25(2,3)19(30-24(37)38-4)22(35)32-11-9-26(7-8-26)13-17(32)21(34)33-15-27(12-16(33)14-28)23(36)31-20-18(39-27)6-5-10-29-20/h5-6,10,16-17,19H,7-9,11-13,15H2,1-4H3,(H,30,37)(H,29,31,36). The van der Waals surface area contributed by atoms with E-state index in [1.807, 2.05) is 20.8 Å². The number of anilines is 1. The first-order chi connectivity index (χ1) is 18.4. The Morgan fingerprint density at radius 3 is 2.64 bits per heavy atom. The lowest BCUT2D eigenvalue weighted by molar-refractivity contribution is -0.152. The Morgan fingerprint density at radius 1 is 1.26 bits per heavy atom. The first kappa shape index (κ1) is 26.7. The van der Waals surface area contributed by atoms with Gasteiger partial charge in [0.15, 0.2) is 11.6 Å². The summed E-state index contributed by atoms with van der Waals surface area (Å²) in [5.74, 6) is -0.573. The number of fused-ring (bicyclic) bond motifs is 1. The van der Waals surface area contributed by atoms with Crippen LogP contribution < -0.4 is 15.4 Å². The summed E-state index contributed by atoms with van der Waals surface area (Å²) < 4.78 is 10.8. The number of rotatable bonds is 3. The third kappa shape index (κ3) is 4.75. The van der Waals surface area contributed by atoms with Crippen molar-refractivity contribution in [1.82, 2.24) is 20.1 Å². The van der Waals surface area contributed by atoms with Gasteiger partial charge in [-0.05, 0) is 48.6 Å². The molecule has 4 atom stereocenters. The van der Waals surface area contributed by atoms with Gasteiger partial charge in [0, 0.05) is 19.2 Å². The maximum Gasteiger partial charge on any atom is 0.407 e. The quantitative estimate of drug-likeness (QED) is 0.591. The first-order valence-electron chi connectivity index (χ1n) is 13.2. The minimum absolute atomic E-state index is 0.00424. The molecule has 3 fully saturated rings. The third-order valence-corrected chi connectivity index (χ3v) is 8.45. The number of hydrogen-bond donors (Lipinski definition) is 2. The fourth-order valence-corrected chi connectivity index (χ4v) is 5.94. The minimum atomic E-state index is -1.44. The van der Waals surface area contributed by atoms with Gasteiger partial charge < -0.3 is 29.9 Å². The predicted octanol–water partition coefficient (Wildman–Crippen LogP) is 1.82. The highest BCUT2D eigenvalue weighted by Gasteiger charge is 2.59. The molecule has 1 aromatic rings. The molecule has 12 nitrogen and oxygen atoms in total. The Labute approximate surface area is 227 Å². The van der Waals surface area contributed by atoms with Gasteiger partial charge in [0.05, 0.1) is 19.7 Å². The van der Waals surface area contributed by atoms with Crippen molar-refractivity contribution < 1.29 is 28.7 Å². The van der Waals surface area contributed by atoms with Crippen molar-refractivity contribution in [2.75, 3.05) is 25.5 Å². The number of alkyl carbamates (subject to hydrolysis) is 1. The fourth-order valence-electron chi connectivity index (χ4n) is 5.94. The lowest BCUT2D eigenvalue weighted by Crippen LogP contribution is -2.62. The molecular weight excluding hydrogens is 504 g/mol. The molecule has 0 radical (unpaired) electrons. The maximum atomic E-state index is 14.2. The maximum absolute atomic E-state index is 14.2. The van der Waals surface area contributed by atoms with Gasteiger partial charge in [-0.15, -0.1) is 0 Å². The molecule has 5 rings (SSSR count). The molecule has 39 heavy (non-hydrogen) atoms. The summed E-state index contributed by atoms with van der Waals surface area (Å²) in [6.07, 6.45) is 3.97. The zero-order valence-corrected chi connectivity index (χ0v) is 22.7. The summed E-state index contributed by atoms with van der Waals surface area (Å²) >= 11 is 0. The molecule has 4 unspecified atom stereocenters. The van der Waals surface area contributed by atoms with E-state index in [0.29, 0.717) is 18.7 Å². The van der Waals surface area contributed by atoms with Crippen molar-refractivity contribution in [3.05, 3.63) is 18.3 Å². The van der Waals surface area contributed by atoms with Crippen LogP contribution in [0.2, 0.25) is 0 Å². The van der Waals surface area contributed by atoms with Crippen LogP contribution in [0.3, 0.4) is 0 Å². The summed E-state index contributed by atoms with van der Waals surface area (Å²) in [5.41, 5.74) is -2.10. The highest BCUT2D eigenvalue weighted by atomic mass is 16.5. The van der Waals surface area contributed by atoms with Crippen LogP contribution in [0.25, 0.3) is 0 Å². The molecule has 4 heterocycles. The molecule has 2 N–H and O–H groups in total. The molecule has 0 bridgehead atoms. The van der Waals surface area contributed by atoms with Crippen molar-refractivity contribution in [2.24, 2.45) is 10.8 Å². The van der Waals surface area contributed by atoms with E-state index in [0.717, 1.165) is 19.3 Å². The van der Waals surface area contributed by atoms with E-state index in [1.54, 1.807) is 12.1 Å². The van der Waals surface area contributed by atoms with Crippen LogP contribution in [0.4, 0.5) is 10.6 Å². The summed E-state index contributed by atoms with van der Waals surface area (Å²) in [6, 6.07) is 2.85. The number of methoxy groups -OCH3 is 1. The number of hydrogen-bond acceptors (Lipinski definition) is 8. The lowest BCUT2D eigenvalue weighted by atomic mass is 9.82. The van der Waals surface area contributed by atoms with Crippen LogP contribution in [0.5, 0.6) is 5.75 Å². The second-order valence-corrected chi connectivity index (χ2v) is 12.2. The molecule has 208 valence electrons. The monoisotopic (exact) mass is 538 g/mol. The zero-order chi connectivity index (χ0) is 28.2. The Bertz CT molecular complexity index is 1250. The zero-order valence-electron chi connectivity index (χ0n) is 22.7. The molecule has 3 aliphatic heterocycles. The summed E-state index contributed by atoms with van der Waals surface area (Å²) in [4.78, 5) is 60.4. The lowest BCUT2D eigenvalue weighted by Gasteiger charge is -2.44. The van der Waals surface area contributed by atoms with Crippen molar-refractivity contribution in [3.63, 3.8) is 0 Å². The van der Waals surface area contributed by atoms with Gasteiger partial charge in [0.2, 0.25) is 17.4 Å². The number of likely N-dealkylation sites (tertiary alicyclic amines) is 2. The number of pyridine rings is 1. The van der Waals surface area contributed by atoms with Gasteiger partial charge in [-0.2, -0.15) is 5.26 Å². The van der Waals surface area contributed by atoms with E-state index < -0.39 is 47.0 Å². The third-order valence-electron chi connectivity index (χ3n) is 8.45. The Morgan fingerprint density at radius 2 is 2.00 bits per heavy atom. The number of piperidine rings is 1. The second kappa shape index (κ2) is 9.39. The van der Waals surface area contributed by atoms with Crippen molar-refractivity contribution in [3.8, 4) is 11.8 Å².